The number of methoxy groups -OCH3 is 2. The number of nitrogens with zero attached hydrogens (tertiary/aromatic N) is 2. The molecule has 41 heavy (non-hydrogen) atoms. The molecule has 0 bridgehead atoms. The third kappa shape index (κ3) is 8.35. The Balaban J connectivity index is 1.41. The highest BCUT2D eigenvalue weighted by atomic mass is 19.1. The lowest BCUT2D eigenvalue weighted by atomic mass is 10.1. The Kier molecular flexibility index (Phi) is 10.4. The van der Waals surface area contributed by atoms with Crippen molar-refractivity contribution in [3.63, 3.8) is 0 Å². The summed E-state index contributed by atoms with van der Waals surface area (Å²) in [5.41, 5.74) is 2.97. The van der Waals surface area contributed by atoms with Gasteiger partial charge in [-0.15, -0.1) is 0 Å². The van der Waals surface area contributed by atoms with Crippen LogP contribution in [0.25, 0.3) is 0 Å². The zero-order chi connectivity index (χ0) is 29.2. The standard InChI is InChI=1S/C33H37FN2O5/c1-5-40-28-12-9-25(10-13-28)21-36(22-26-7-6-8-27(34)19-26)23-29-14-16-31(41-29)33(37)35(2)18-17-24-11-15-30(38-3)32(20-24)39-4/h6-16,19-20H,5,17-18,21-23H2,1-4H3. The van der Waals surface area contributed by atoms with Gasteiger partial charge in [-0.05, 0) is 78.6 Å². The van der Waals surface area contributed by atoms with Gasteiger partial charge in [-0.3, -0.25) is 9.69 Å². The SMILES string of the molecule is CCOc1ccc(CN(Cc2cccc(F)c2)Cc2ccc(C(=O)N(C)CCc3ccc(OC)c(OC)c3)o2)cc1. The first kappa shape index (κ1) is 29.7. The molecule has 0 fully saturated rings. The maximum atomic E-state index is 13.9. The molecule has 4 aromatic rings. The van der Waals surface area contributed by atoms with Gasteiger partial charge in [-0.2, -0.15) is 0 Å². The van der Waals surface area contributed by atoms with Gasteiger partial charge in [0.2, 0.25) is 0 Å². The summed E-state index contributed by atoms with van der Waals surface area (Å²) in [5, 5.41) is 0. The molecule has 0 aliphatic heterocycles. The Morgan fingerprint density at radius 1 is 0.829 bits per heavy atom. The molecule has 0 unspecified atom stereocenters. The van der Waals surface area contributed by atoms with Crippen LogP contribution in [0, 0.1) is 5.82 Å². The van der Waals surface area contributed by atoms with E-state index in [1.54, 1.807) is 38.3 Å². The number of benzene rings is 3. The fraction of sp³-hybridized carbons (Fsp3) is 0.303. The minimum atomic E-state index is -0.273. The van der Waals surface area contributed by atoms with Gasteiger partial charge in [-0.1, -0.05) is 30.3 Å². The second-order valence-electron chi connectivity index (χ2n) is 9.78. The van der Waals surface area contributed by atoms with Gasteiger partial charge in [0.05, 0.1) is 27.4 Å². The molecular weight excluding hydrogens is 523 g/mol. The van der Waals surface area contributed by atoms with Crippen LogP contribution in [-0.2, 0) is 26.1 Å². The van der Waals surface area contributed by atoms with Crippen LogP contribution in [0.3, 0.4) is 0 Å². The van der Waals surface area contributed by atoms with E-state index in [4.69, 9.17) is 18.6 Å². The highest BCUT2D eigenvalue weighted by Crippen LogP contribution is 2.28. The van der Waals surface area contributed by atoms with Gasteiger partial charge in [-0.25, -0.2) is 4.39 Å². The summed E-state index contributed by atoms with van der Waals surface area (Å²) in [6, 6.07) is 23.8. The fourth-order valence-electron chi connectivity index (χ4n) is 4.60. The summed E-state index contributed by atoms with van der Waals surface area (Å²) < 4.78 is 36.1. The lowest BCUT2D eigenvalue weighted by Gasteiger charge is -2.22. The molecule has 1 heterocycles. The zero-order valence-electron chi connectivity index (χ0n) is 24.1. The highest BCUT2D eigenvalue weighted by Gasteiger charge is 2.18. The number of halogens is 1. The third-order valence-corrected chi connectivity index (χ3v) is 6.72. The molecular formula is C33H37FN2O5. The fourth-order valence-corrected chi connectivity index (χ4v) is 4.60. The van der Waals surface area contributed by atoms with E-state index in [1.165, 1.54) is 12.1 Å². The number of rotatable bonds is 14. The van der Waals surface area contributed by atoms with Crippen LogP contribution in [0.2, 0.25) is 0 Å². The van der Waals surface area contributed by atoms with Gasteiger partial charge >= 0.3 is 0 Å². The molecule has 0 atom stereocenters. The molecule has 1 aromatic heterocycles. The molecule has 0 radical (unpaired) electrons. The maximum absolute atomic E-state index is 13.9. The zero-order valence-corrected chi connectivity index (χ0v) is 24.1. The van der Waals surface area contributed by atoms with Crippen LogP contribution in [0.4, 0.5) is 4.39 Å². The van der Waals surface area contributed by atoms with Crippen LogP contribution >= 0.6 is 0 Å². The second-order valence-corrected chi connectivity index (χ2v) is 9.78. The number of hydrogen-bond acceptors (Lipinski definition) is 6. The molecule has 3 aromatic carbocycles. The largest absolute Gasteiger partial charge is 0.494 e. The predicted molar refractivity (Wildman–Crippen MR) is 156 cm³/mol. The Labute approximate surface area is 241 Å². The van der Waals surface area contributed by atoms with Gasteiger partial charge in [0.1, 0.15) is 17.3 Å². The summed E-state index contributed by atoms with van der Waals surface area (Å²) in [5.74, 6) is 2.61. The average Bonchev–Trinajstić information content (AvgIpc) is 3.44. The molecule has 0 saturated carbocycles. The molecule has 4 rings (SSSR count). The Hall–Kier alpha value is -4.30. The quantitative estimate of drug-likeness (QED) is 0.179. The first-order chi connectivity index (χ1) is 19.9. The molecule has 7 nitrogen and oxygen atoms in total. The van der Waals surface area contributed by atoms with E-state index in [0.717, 1.165) is 22.4 Å². The summed E-state index contributed by atoms with van der Waals surface area (Å²) in [4.78, 5) is 16.9. The van der Waals surface area contributed by atoms with E-state index in [0.29, 0.717) is 56.5 Å². The topological polar surface area (TPSA) is 64.4 Å². The highest BCUT2D eigenvalue weighted by molar-refractivity contribution is 5.91. The number of hydrogen-bond donors (Lipinski definition) is 0. The van der Waals surface area contributed by atoms with Gasteiger partial charge in [0.15, 0.2) is 17.3 Å². The molecule has 0 saturated heterocycles. The predicted octanol–water partition coefficient (Wildman–Crippen LogP) is 6.35. The lowest BCUT2D eigenvalue weighted by Crippen LogP contribution is -2.28. The number of carbonyl (C=O) groups excluding carboxylic acids is 1. The summed E-state index contributed by atoms with van der Waals surface area (Å²) in [7, 11) is 4.96. The van der Waals surface area contributed by atoms with Crippen molar-refractivity contribution in [2.75, 3.05) is 34.4 Å². The first-order valence-corrected chi connectivity index (χ1v) is 13.6. The van der Waals surface area contributed by atoms with Crippen molar-refractivity contribution in [2.45, 2.75) is 33.0 Å². The van der Waals surface area contributed by atoms with Crippen molar-refractivity contribution in [1.82, 2.24) is 9.80 Å². The first-order valence-electron chi connectivity index (χ1n) is 13.6. The van der Waals surface area contributed by atoms with Crippen molar-refractivity contribution >= 4 is 5.91 Å². The van der Waals surface area contributed by atoms with Gasteiger partial charge < -0.3 is 23.5 Å². The van der Waals surface area contributed by atoms with Gasteiger partial charge in [0, 0.05) is 26.7 Å². The molecule has 0 spiro atoms. The maximum Gasteiger partial charge on any atom is 0.289 e. The van der Waals surface area contributed by atoms with Crippen molar-refractivity contribution < 1.29 is 27.8 Å². The molecule has 216 valence electrons. The average molecular weight is 561 g/mol. The monoisotopic (exact) mass is 560 g/mol. The van der Waals surface area contributed by atoms with Crippen LogP contribution in [0.1, 0.15) is 39.9 Å². The third-order valence-electron chi connectivity index (χ3n) is 6.72. The van der Waals surface area contributed by atoms with Crippen LogP contribution in [-0.4, -0.2) is 50.1 Å². The molecule has 0 aliphatic carbocycles. The van der Waals surface area contributed by atoms with E-state index in [-0.39, 0.29) is 17.5 Å². The summed E-state index contributed by atoms with van der Waals surface area (Å²) in [6.07, 6.45) is 0.652. The Bertz CT molecular complexity index is 1420. The normalized spacial score (nSPS) is 11.0. The van der Waals surface area contributed by atoms with Crippen molar-refractivity contribution in [3.8, 4) is 17.2 Å². The van der Waals surface area contributed by atoms with Gasteiger partial charge in [0.25, 0.3) is 5.91 Å². The van der Waals surface area contributed by atoms with E-state index in [1.807, 2.05) is 61.5 Å². The molecule has 0 aliphatic rings. The Morgan fingerprint density at radius 2 is 1.56 bits per heavy atom. The minimum Gasteiger partial charge on any atom is -0.494 e. The Morgan fingerprint density at radius 3 is 2.27 bits per heavy atom. The number of carbonyl (C=O) groups is 1. The van der Waals surface area contributed by atoms with Crippen LogP contribution in [0.5, 0.6) is 17.2 Å². The summed E-state index contributed by atoms with van der Waals surface area (Å²) in [6.45, 7) is 4.64. The van der Waals surface area contributed by atoms with Crippen molar-refractivity contribution in [2.24, 2.45) is 0 Å². The van der Waals surface area contributed by atoms with E-state index >= 15 is 0 Å². The van der Waals surface area contributed by atoms with E-state index in [9.17, 15) is 9.18 Å². The molecule has 1 amide bonds. The van der Waals surface area contributed by atoms with Crippen LogP contribution < -0.4 is 14.2 Å². The smallest absolute Gasteiger partial charge is 0.289 e. The minimum absolute atomic E-state index is 0.195. The lowest BCUT2D eigenvalue weighted by molar-refractivity contribution is 0.0760. The number of ether oxygens (including phenoxy) is 3. The van der Waals surface area contributed by atoms with Crippen LogP contribution in [0.15, 0.2) is 83.3 Å². The van der Waals surface area contributed by atoms with Crippen molar-refractivity contribution in [3.05, 3.63) is 113 Å². The van der Waals surface area contributed by atoms with E-state index in [2.05, 4.69) is 4.90 Å². The summed E-state index contributed by atoms with van der Waals surface area (Å²) >= 11 is 0. The van der Waals surface area contributed by atoms with E-state index < -0.39 is 0 Å². The second kappa shape index (κ2) is 14.4. The van der Waals surface area contributed by atoms with Crippen molar-refractivity contribution in [1.29, 1.82) is 0 Å². The number of likely N-dealkylation sites (N-methyl/N-ethyl adjacent to an activating group) is 1. The number of amides is 1. The molecule has 0 N–H and O–H groups in total. The molecule has 8 heteroatoms. The number of furan rings is 1.